The third-order valence-corrected chi connectivity index (χ3v) is 4.20. The second-order valence-corrected chi connectivity index (χ2v) is 7.39. The van der Waals surface area contributed by atoms with Crippen LogP contribution in [0.2, 0.25) is 0 Å². The van der Waals surface area contributed by atoms with Gasteiger partial charge >= 0.3 is 0 Å². The molecular weight excluding hydrogens is 330 g/mol. The summed E-state index contributed by atoms with van der Waals surface area (Å²) in [6.07, 6.45) is 8.84. The summed E-state index contributed by atoms with van der Waals surface area (Å²) in [6, 6.07) is 0.0937. The van der Waals surface area contributed by atoms with Gasteiger partial charge in [0.15, 0.2) is 5.69 Å². The summed E-state index contributed by atoms with van der Waals surface area (Å²) in [5, 5.41) is 2.78. The molecule has 0 aliphatic carbocycles. The van der Waals surface area contributed by atoms with Gasteiger partial charge in [0, 0.05) is 18.5 Å². The summed E-state index contributed by atoms with van der Waals surface area (Å²) >= 11 is 0. The minimum atomic E-state index is -0.260. The van der Waals surface area contributed by atoms with E-state index >= 15 is 0 Å². The molecule has 1 aromatic rings. The first kappa shape index (κ1) is 22.2. The summed E-state index contributed by atoms with van der Waals surface area (Å²) in [4.78, 5) is 30.5. The Morgan fingerprint density at radius 1 is 1.12 bits per heavy atom. The third-order valence-electron chi connectivity index (χ3n) is 4.20. The number of amides is 2. The normalized spacial score (nSPS) is 11.2. The van der Waals surface area contributed by atoms with Gasteiger partial charge in [0.05, 0.1) is 6.54 Å². The van der Waals surface area contributed by atoms with E-state index in [4.69, 9.17) is 4.42 Å². The van der Waals surface area contributed by atoms with Crippen LogP contribution >= 0.6 is 0 Å². The molecule has 1 heterocycles. The number of nitrogens with zero attached hydrogens (tertiary/aromatic N) is 2. The first-order valence-electron chi connectivity index (χ1n) is 9.89. The maximum absolute atomic E-state index is 12.5. The van der Waals surface area contributed by atoms with Crippen LogP contribution in [0.5, 0.6) is 0 Å². The Morgan fingerprint density at radius 2 is 1.77 bits per heavy atom. The lowest BCUT2D eigenvalue weighted by Crippen LogP contribution is -2.36. The lowest BCUT2D eigenvalue weighted by Gasteiger charge is -2.25. The highest BCUT2D eigenvalue weighted by atomic mass is 16.3. The first-order valence-corrected chi connectivity index (χ1v) is 9.89. The maximum atomic E-state index is 12.5. The Kier molecular flexibility index (Phi) is 9.99. The lowest BCUT2D eigenvalue weighted by molar-refractivity contribution is -0.134. The zero-order valence-electron chi connectivity index (χ0n) is 17.0. The molecule has 0 aliphatic rings. The molecule has 1 N–H and O–H groups in total. The summed E-state index contributed by atoms with van der Waals surface area (Å²) in [5.41, 5.74) is 0.251. The fourth-order valence-corrected chi connectivity index (χ4v) is 2.73. The van der Waals surface area contributed by atoms with E-state index in [1.807, 2.05) is 27.7 Å². The molecular formula is C20H35N3O3. The second kappa shape index (κ2) is 11.7. The SMILES string of the molecule is CCCCCCCCC(=O)N(Cc1nc(C(=O)NC(C)C)co1)C(C)C. The number of unbranched alkanes of at least 4 members (excludes halogenated alkanes) is 5. The zero-order valence-corrected chi connectivity index (χ0v) is 17.0. The largest absolute Gasteiger partial charge is 0.446 e. The number of hydrogen-bond donors (Lipinski definition) is 1. The highest BCUT2D eigenvalue weighted by molar-refractivity contribution is 5.92. The second-order valence-electron chi connectivity index (χ2n) is 7.39. The molecule has 2 amide bonds. The van der Waals surface area contributed by atoms with Gasteiger partial charge in [-0.1, -0.05) is 39.0 Å². The molecule has 0 unspecified atom stereocenters. The molecule has 0 fully saturated rings. The number of carbonyl (C=O) groups excluding carboxylic acids is 2. The summed E-state index contributed by atoms with van der Waals surface area (Å²) in [6.45, 7) is 10.2. The molecule has 0 saturated carbocycles. The van der Waals surface area contributed by atoms with Crippen molar-refractivity contribution in [3.8, 4) is 0 Å². The number of nitrogens with one attached hydrogen (secondary N) is 1. The summed E-state index contributed by atoms with van der Waals surface area (Å²) in [7, 11) is 0. The quantitative estimate of drug-likeness (QED) is 0.560. The van der Waals surface area contributed by atoms with E-state index in [0.29, 0.717) is 18.9 Å². The van der Waals surface area contributed by atoms with Crippen LogP contribution in [0.4, 0.5) is 0 Å². The number of hydrogen-bond acceptors (Lipinski definition) is 4. The molecule has 0 aromatic carbocycles. The van der Waals surface area contributed by atoms with Gasteiger partial charge in [-0.05, 0) is 34.1 Å². The van der Waals surface area contributed by atoms with Crippen LogP contribution in [0.15, 0.2) is 10.7 Å². The van der Waals surface area contributed by atoms with Crippen molar-refractivity contribution in [2.75, 3.05) is 0 Å². The predicted octanol–water partition coefficient (Wildman–Crippen LogP) is 4.30. The molecule has 0 atom stereocenters. The first-order chi connectivity index (χ1) is 12.3. The van der Waals surface area contributed by atoms with Gasteiger partial charge in [0.2, 0.25) is 11.8 Å². The Morgan fingerprint density at radius 3 is 2.38 bits per heavy atom. The molecule has 0 saturated heterocycles. The van der Waals surface area contributed by atoms with E-state index in [2.05, 4.69) is 17.2 Å². The Hall–Kier alpha value is -1.85. The lowest BCUT2D eigenvalue weighted by atomic mass is 10.1. The van der Waals surface area contributed by atoms with Gasteiger partial charge in [-0.25, -0.2) is 4.98 Å². The van der Waals surface area contributed by atoms with Crippen molar-refractivity contribution in [3.63, 3.8) is 0 Å². The molecule has 1 aromatic heterocycles. The average molecular weight is 366 g/mol. The van der Waals surface area contributed by atoms with Crippen LogP contribution in [0.3, 0.4) is 0 Å². The van der Waals surface area contributed by atoms with Gasteiger partial charge in [-0.15, -0.1) is 0 Å². The molecule has 26 heavy (non-hydrogen) atoms. The van der Waals surface area contributed by atoms with Crippen molar-refractivity contribution in [3.05, 3.63) is 17.8 Å². The fourth-order valence-electron chi connectivity index (χ4n) is 2.73. The van der Waals surface area contributed by atoms with Crippen molar-refractivity contribution in [1.29, 1.82) is 0 Å². The minimum Gasteiger partial charge on any atom is -0.446 e. The van der Waals surface area contributed by atoms with Crippen LogP contribution < -0.4 is 5.32 Å². The van der Waals surface area contributed by atoms with Crippen LogP contribution in [0, 0.1) is 0 Å². The molecule has 0 aliphatic heterocycles. The fraction of sp³-hybridized carbons (Fsp3) is 0.750. The van der Waals surface area contributed by atoms with Crippen molar-refractivity contribution in [1.82, 2.24) is 15.2 Å². The Bertz CT molecular complexity index is 552. The smallest absolute Gasteiger partial charge is 0.273 e. The highest BCUT2D eigenvalue weighted by Crippen LogP contribution is 2.13. The van der Waals surface area contributed by atoms with Gasteiger partial charge in [-0.3, -0.25) is 9.59 Å². The molecule has 0 spiro atoms. The van der Waals surface area contributed by atoms with Crippen LogP contribution in [-0.4, -0.2) is 33.8 Å². The van der Waals surface area contributed by atoms with Crippen LogP contribution in [0.1, 0.15) is 95.9 Å². The van der Waals surface area contributed by atoms with Crippen LogP contribution in [0.25, 0.3) is 0 Å². The van der Waals surface area contributed by atoms with E-state index in [1.54, 1.807) is 4.90 Å². The number of aromatic nitrogens is 1. The van der Waals surface area contributed by atoms with Crippen molar-refractivity contribution in [2.24, 2.45) is 0 Å². The number of carbonyl (C=O) groups is 2. The molecule has 1 rings (SSSR count). The molecule has 6 heteroatoms. The van der Waals surface area contributed by atoms with Gasteiger partial charge in [0.25, 0.3) is 5.91 Å². The number of oxazole rings is 1. The van der Waals surface area contributed by atoms with Gasteiger partial charge in [-0.2, -0.15) is 0 Å². The van der Waals surface area contributed by atoms with Gasteiger partial charge < -0.3 is 14.6 Å². The standard InChI is InChI=1S/C20H35N3O3/c1-6-7-8-9-10-11-12-19(24)23(16(4)5)13-18-22-17(14-26-18)20(25)21-15(2)3/h14-16H,6-13H2,1-5H3,(H,21,25). The monoisotopic (exact) mass is 365 g/mol. The third kappa shape index (κ3) is 8.02. The topological polar surface area (TPSA) is 75.4 Å². The van der Waals surface area contributed by atoms with Gasteiger partial charge in [0.1, 0.15) is 6.26 Å². The molecule has 0 bridgehead atoms. The van der Waals surface area contributed by atoms with Crippen molar-refractivity contribution >= 4 is 11.8 Å². The Labute approximate surface area is 157 Å². The summed E-state index contributed by atoms with van der Waals surface area (Å²) in [5.74, 6) is 0.246. The van der Waals surface area contributed by atoms with E-state index in [-0.39, 0.29) is 29.6 Å². The average Bonchev–Trinajstić information content (AvgIpc) is 3.03. The number of rotatable bonds is 12. The van der Waals surface area contributed by atoms with E-state index < -0.39 is 0 Å². The van der Waals surface area contributed by atoms with E-state index in [9.17, 15) is 9.59 Å². The summed E-state index contributed by atoms with van der Waals surface area (Å²) < 4.78 is 5.40. The zero-order chi connectivity index (χ0) is 19.5. The molecule has 148 valence electrons. The molecule has 6 nitrogen and oxygen atoms in total. The minimum absolute atomic E-state index is 0.0358. The van der Waals surface area contributed by atoms with Crippen LogP contribution in [-0.2, 0) is 11.3 Å². The van der Waals surface area contributed by atoms with E-state index in [1.165, 1.54) is 31.9 Å². The van der Waals surface area contributed by atoms with Crippen molar-refractivity contribution < 1.29 is 14.0 Å². The predicted molar refractivity (Wildman–Crippen MR) is 103 cm³/mol. The Balaban J connectivity index is 2.53. The molecule has 0 radical (unpaired) electrons. The van der Waals surface area contributed by atoms with Crippen molar-refractivity contribution in [2.45, 2.75) is 98.2 Å². The maximum Gasteiger partial charge on any atom is 0.273 e. The highest BCUT2D eigenvalue weighted by Gasteiger charge is 2.20. The van der Waals surface area contributed by atoms with E-state index in [0.717, 1.165) is 12.8 Å².